The lowest BCUT2D eigenvalue weighted by atomic mass is 10.2. The highest BCUT2D eigenvalue weighted by Crippen LogP contribution is 2.32. The minimum Gasteiger partial charge on any atom is -0.493 e. The van der Waals surface area contributed by atoms with Crippen LogP contribution < -0.4 is 14.2 Å². The minimum absolute atomic E-state index is 0.168. The molecule has 0 aliphatic rings. The van der Waals surface area contributed by atoms with Crippen LogP contribution in [-0.4, -0.2) is 42.9 Å². The second-order valence-electron chi connectivity index (χ2n) is 3.86. The maximum absolute atomic E-state index is 12.1. The van der Waals surface area contributed by atoms with Crippen LogP contribution in [0.5, 0.6) is 11.5 Å². The highest BCUT2D eigenvalue weighted by atomic mass is 32.2. The third-order valence-electron chi connectivity index (χ3n) is 2.57. The Morgan fingerprint density at radius 2 is 1.68 bits per heavy atom. The summed E-state index contributed by atoms with van der Waals surface area (Å²) in [6.45, 7) is 2.23. The summed E-state index contributed by atoms with van der Waals surface area (Å²) >= 11 is 0. The molecule has 0 spiro atoms. The molecule has 0 unspecified atom stereocenters. The average molecular weight is 289 g/mol. The molecular formula is C12H19NO5S. The summed E-state index contributed by atoms with van der Waals surface area (Å²) in [6, 6.07) is 3.08. The molecule has 0 aliphatic carbocycles. The summed E-state index contributed by atoms with van der Waals surface area (Å²) in [6.07, 6.45) is 0. The van der Waals surface area contributed by atoms with Crippen LogP contribution in [0.3, 0.4) is 0 Å². The summed E-state index contributed by atoms with van der Waals surface area (Å²) in [7, 11) is 0.886. The number of nitrogens with one attached hydrogen (secondary N) is 1. The van der Waals surface area contributed by atoms with Crippen molar-refractivity contribution < 1.29 is 22.6 Å². The van der Waals surface area contributed by atoms with Crippen molar-refractivity contribution in [1.82, 2.24) is 4.72 Å². The molecule has 19 heavy (non-hydrogen) atoms. The van der Waals surface area contributed by atoms with Crippen molar-refractivity contribution in [2.24, 2.45) is 0 Å². The topological polar surface area (TPSA) is 73.9 Å². The van der Waals surface area contributed by atoms with Crippen molar-refractivity contribution in [3.8, 4) is 11.5 Å². The predicted molar refractivity (Wildman–Crippen MR) is 71.3 cm³/mol. The fourth-order valence-electron chi connectivity index (χ4n) is 1.61. The molecule has 1 rings (SSSR count). The smallest absolute Gasteiger partial charge is 0.241 e. The summed E-state index contributed by atoms with van der Waals surface area (Å²) in [5.74, 6) is 0.871. The maximum Gasteiger partial charge on any atom is 0.241 e. The van der Waals surface area contributed by atoms with Crippen LogP contribution in [0.1, 0.15) is 5.56 Å². The fourth-order valence-corrected chi connectivity index (χ4v) is 2.86. The summed E-state index contributed by atoms with van der Waals surface area (Å²) in [5, 5.41) is 0. The van der Waals surface area contributed by atoms with Crippen molar-refractivity contribution in [2.45, 2.75) is 11.8 Å². The van der Waals surface area contributed by atoms with Gasteiger partial charge < -0.3 is 14.2 Å². The maximum atomic E-state index is 12.1. The molecule has 1 N–H and O–H groups in total. The first-order valence-electron chi connectivity index (χ1n) is 5.67. The van der Waals surface area contributed by atoms with Crippen LogP contribution >= 0.6 is 0 Å². The highest BCUT2D eigenvalue weighted by molar-refractivity contribution is 7.89. The molecule has 0 bridgehead atoms. The molecule has 0 saturated carbocycles. The van der Waals surface area contributed by atoms with Gasteiger partial charge in [-0.05, 0) is 18.6 Å². The van der Waals surface area contributed by atoms with Gasteiger partial charge in [0.15, 0.2) is 11.5 Å². The van der Waals surface area contributed by atoms with Crippen LogP contribution in [0.2, 0.25) is 0 Å². The number of aryl methyl sites for hydroxylation is 1. The molecule has 6 nitrogen and oxygen atoms in total. The quantitative estimate of drug-likeness (QED) is 0.756. The van der Waals surface area contributed by atoms with Crippen molar-refractivity contribution in [1.29, 1.82) is 0 Å². The predicted octanol–water partition coefficient (Wildman–Crippen LogP) is 0.937. The zero-order valence-corrected chi connectivity index (χ0v) is 12.3. The van der Waals surface area contributed by atoms with Gasteiger partial charge >= 0.3 is 0 Å². The second-order valence-corrected chi connectivity index (χ2v) is 5.60. The van der Waals surface area contributed by atoms with Gasteiger partial charge in [-0.25, -0.2) is 13.1 Å². The zero-order valence-electron chi connectivity index (χ0n) is 11.5. The minimum atomic E-state index is -3.59. The molecule has 0 heterocycles. The Morgan fingerprint density at radius 3 is 2.21 bits per heavy atom. The first-order valence-corrected chi connectivity index (χ1v) is 7.15. The highest BCUT2D eigenvalue weighted by Gasteiger charge is 2.19. The Labute approximate surface area is 113 Å². The Hall–Kier alpha value is -1.31. The number of hydrogen-bond acceptors (Lipinski definition) is 5. The molecule has 108 valence electrons. The number of ether oxygens (including phenoxy) is 3. The van der Waals surface area contributed by atoms with Crippen LogP contribution in [-0.2, 0) is 14.8 Å². The van der Waals surface area contributed by atoms with E-state index in [9.17, 15) is 8.42 Å². The largest absolute Gasteiger partial charge is 0.493 e. The normalized spacial score (nSPS) is 11.4. The number of benzene rings is 1. The summed E-state index contributed by atoms with van der Waals surface area (Å²) < 4.78 is 41.8. The van der Waals surface area contributed by atoms with Gasteiger partial charge in [-0.1, -0.05) is 0 Å². The first kappa shape index (κ1) is 15.7. The van der Waals surface area contributed by atoms with Gasteiger partial charge in [0.2, 0.25) is 10.0 Å². The third kappa shape index (κ3) is 3.82. The van der Waals surface area contributed by atoms with E-state index in [-0.39, 0.29) is 11.4 Å². The number of sulfonamides is 1. The van der Waals surface area contributed by atoms with Crippen LogP contribution in [0.15, 0.2) is 17.0 Å². The second kappa shape index (κ2) is 6.74. The first-order chi connectivity index (χ1) is 8.96. The van der Waals surface area contributed by atoms with Gasteiger partial charge in [-0.2, -0.15) is 0 Å². The van der Waals surface area contributed by atoms with E-state index in [2.05, 4.69) is 4.72 Å². The van der Waals surface area contributed by atoms with E-state index in [1.165, 1.54) is 27.4 Å². The van der Waals surface area contributed by atoms with E-state index >= 15 is 0 Å². The summed E-state index contributed by atoms with van der Waals surface area (Å²) in [4.78, 5) is 0.168. The van der Waals surface area contributed by atoms with Crippen molar-refractivity contribution in [2.75, 3.05) is 34.5 Å². The number of methoxy groups -OCH3 is 3. The van der Waals surface area contributed by atoms with Gasteiger partial charge in [0.1, 0.15) is 0 Å². The van der Waals surface area contributed by atoms with E-state index in [0.717, 1.165) is 0 Å². The molecule has 0 atom stereocenters. The monoisotopic (exact) mass is 289 g/mol. The molecule has 0 aromatic heterocycles. The summed E-state index contributed by atoms with van der Waals surface area (Å²) in [5.41, 5.74) is 0.586. The molecular weight excluding hydrogens is 270 g/mol. The standard InChI is InChI=1S/C12H19NO5S/c1-9-7-10(17-3)11(18-4)8-12(9)19(14,15)13-5-6-16-2/h7-8,13H,5-6H2,1-4H3. The van der Waals surface area contributed by atoms with Crippen LogP contribution in [0, 0.1) is 6.92 Å². The van der Waals surface area contributed by atoms with E-state index in [1.54, 1.807) is 13.0 Å². The van der Waals surface area contributed by atoms with Gasteiger partial charge in [0.05, 0.1) is 25.7 Å². The van der Waals surface area contributed by atoms with E-state index in [1.807, 2.05) is 0 Å². The Bertz CT molecular complexity index is 527. The molecule has 0 saturated heterocycles. The van der Waals surface area contributed by atoms with Crippen LogP contribution in [0.4, 0.5) is 0 Å². The van der Waals surface area contributed by atoms with Crippen molar-refractivity contribution in [3.63, 3.8) is 0 Å². The van der Waals surface area contributed by atoms with Gasteiger partial charge in [-0.3, -0.25) is 0 Å². The SMILES string of the molecule is COCCNS(=O)(=O)c1cc(OC)c(OC)cc1C. The molecule has 7 heteroatoms. The Balaban J connectivity index is 3.12. The van der Waals surface area contributed by atoms with Crippen molar-refractivity contribution in [3.05, 3.63) is 17.7 Å². The Morgan fingerprint density at radius 1 is 1.11 bits per heavy atom. The lowest BCUT2D eigenvalue weighted by Gasteiger charge is -2.13. The van der Waals surface area contributed by atoms with Gasteiger partial charge in [0.25, 0.3) is 0 Å². The van der Waals surface area contributed by atoms with E-state index in [4.69, 9.17) is 14.2 Å². The van der Waals surface area contributed by atoms with Gasteiger partial charge in [0, 0.05) is 19.7 Å². The lowest BCUT2D eigenvalue weighted by Crippen LogP contribution is -2.27. The average Bonchev–Trinajstić information content (AvgIpc) is 2.38. The number of rotatable bonds is 7. The molecule has 1 aromatic carbocycles. The molecule has 0 aliphatic heterocycles. The fraction of sp³-hybridized carbons (Fsp3) is 0.500. The Kier molecular flexibility index (Phi) is 5.59. The van der Waals surface area contributed by atoms with Crippen molar-refractivity contribution >= 4 is 10.0 Å². The lowest BCUT2D eigenvalue weighted by molar-refractivity contribution is 0.204. The molecule has 0 radical (unpaired) electrons. The van der Waals surface area contributed by atoms with E-state index < -0.39 is 10.0 Å². The molecule has 0 amide bonds. The molecule has 1 aromatic rings. The van der Waals surface area contributed by atoms with E-state index in [0.29, 0.717) is 23.7 Å². The number of hydrogen-bond donors (Lipinski definition) is 1. The van der Waals surface area contributed by atoms with Crippen LogP contribution in [0.25, 0.3) is 0 Å². The molecule has 0 fully saturated rings. The zero-order chi connectivity index (χ0) is 14.5. The van der Waals surface area contributed by atoms with Gasteiger partial charge in [-0.15, -0.1) is 0 Å². The third-order valence-corrected chi connectivity index (χ3v) is 4.17.